The van der Waals surface area contributed by atoms with Gasteiger partial charge in [0, 0.05) is 0 Å². The molecule has 0 aromatic carbocycles. The molecule has 0 aromatic rings. The van der Waals surface area contributed by atoms with Crippen LogP contribution in [0.1, 0.15) is 0 Å². The van der Waals surface area contributed by atoms with Crippen molar-refractivity contribution in [2.45, 2.75) is 0 Å². The van der Waals surface area contributed by atoms with Crippen LogP contribution >= 0.6 is 0 Å². The highest BCUT2D eigenvalue weighted by molar-refractivity contribution is 8.00. The largest absolute Gasteiger partial charge is 0.454 e. The number of halogens is 2. The molecule has 0 fully saturated rings. The second-order valence-electron chi connectivity index (χ2n) is 1.33. The van der Waals surface area contributed by atoms with E-state index in [1.54, 1.807) is 0 Å². The average molecular weight is 262 g/mol. The first-order valence-electron chi connectivity index (χ1n) is 1.98. The molecule has 0 aromatic heterocycles. The third kappa shape index (κ3) is 7.97. The van der Waals surface area contributed by atoms with Crippen molar-refractivity contribution in [3.8, 4) is 0 Å². The highest BCUT2D eigenvalue weighted by Crippen LogP contribution is 2.08. The molecule has 0 aliphatic rings. The number of rotatable bonds is 4. The molecule has 0 radical (unpaired) electrons. The minimum absolute atomic E-state index is 2.44. The summed E-state index contributed by atoms with van der Waals surface area (Å²) >= 11 is 0. The summed E-state index contributed by atoms with van der Waals surface area (Å²) < 4.78 is 85.6. The van der Waals surface area contributed by atoms with E-state index in [4.69, 9.17) is 0 Å². The monoisotopic (exact) mass is 262 g/mol. The smallest absolute Gasteiger partial charge is 0.167 e. The van der Waals surface area contributed by atoms with Crippen LogP contribution < -0.4 is 0 Å². The van der Waals surface area contributed by atoms with Crippen molar-refractivity contribution in [3.63, 3.8) is 0 Å². The molecule has 8 nitrogen and oxygen atoms in total. The van der Waals surface area contributed by atoms with E-state index < -0.39 is 31.4 Å². The van der Waals surface area contributed by atoms with Crippen LogP contribution in [0.2, 0.25) is 0 Å². The summed E-state index contributed by atoms with van der Waals surface area (Å²) in [5.74, 6) is 0. The Morgan fingerprint density at radius 1 is 0.692 bits per heavy atom. The highest BCUT2D eigenvalue weighted by Gasteiger charge is 2.29. The van der Waals surface area contributed by atoms with Gasteiger partial charge in [0.1, 0.15) is 0 Å². The molecule has 0 bridgehead atoms. The lowest BCUT2D eigenvalue weighted by molar-refractivity contribution is 0.360. The SMILES string of the molecule is O=S(=O)(F)OS(=O)(=O)OS(=O)(=O)F. The maximum atomic E-state index is 11.4. The summed E-state index contributed by atoms with van der Waals surface area (Å²) in [6.45, 7) is 0. The molecule has 0 amide bonds. The van der Waals surface area contributed by atoms with E-state index in [9.17, 15) is 33.0 Å². The molecule has 0 aliphatic carbocycles. The van der Waals surface area contributed by atoms with Gasteiger partial charge in [-0.15, -0.1) is 0 Å². The molecule has 13 heteroatoms. The summed E-state index contributed by atoms with van der Waals surface area (Å²) in [5, 5.41) is 0. The fourth-order valence-corrected chi connectivity index (χ4v) is 2.10. The van der Waals surface area contributed by atoms with Crippen molar-refractivity contribution in [1.82, 2.24) is 0 Å². The Morgan fingerprint density at radius 2 is 0.923 bits per heavy atom. The minimum Gasteiger partial charge on any atom is -0.167 e. The van der Waals surface area contributed by atoms with Gasteiger partial charge in [0.05, 0.1) is 0 Å². The third-order valence-electron chi connectivity index (χ3n) is 0.329. The standard InChI is InChI=1S/F2O8S3/c1-11(3,4)9-13(7,8)10-12(2,5)6. The Bertz CT molecular complexity index is 421. The van der Waals surface area contributed by atoms with E-state index in [-0.39, 0.29) is 0 Å². The second kappa shape index (κ2) is 3.41. The molecule has 0 heterocycles. The van der Waals surface area contributed by atoms with Crippen molar-refractivity contribution in [1.29, 1.82) is 0 Å². The topological polar surface area (TPSA) is 121 Å². The van der Waals surface area contributed by atoms with Crippen LogP contribution in [-0.2, 0) is 38.7 Å². The summed E-state index contributed by atoms with van der Waals surface area (Å²) in [6, 6.07) is 0. The Hall–Kier alpha value is -0.370. The van der Waals surface area contributed by atoms with Gasteiger partial charge >= 0.3 is 31.4 Å². The van der Waals surface area contributed by atoms with E-state index in [0.29, 0.717) is 0 Å². The lowest BCUT2D eigenvalue weighted by atomic mass is 15.8. The van der Waals surface area contributed by atoms with Crippen molar-refractivity contribution in [3.05, 3.63) is 0 Å². The molecule has 0 saturated carbocycles. The molecular formula is F2O8S3. The molecule has 0 N–H and O–H groups in total. The van der Waals surface area contributed by atoms with E-state index in [0.717, 1.165) is 0 Å². The second-order valence-corrected chi connectivity index (χ2v) is 4.81. The van der Waals surface area contributed by atoms with Gasteiger partial charge in [-0.25, -0.2) is 0 Å². The van der Waals surface area contributed by atoms with Gasteiger partial charge in [-0.1, -0.05) is 15.0 Å². The van der Waals surface area contributed by atoms with E-state index in [1.807, 2.05) is 0 Å². The molecule has 0 rings (SSSR count). The van der Waals surface area contributed by atoms with Crippen LogP contribution in [0.3, 0.4) is 0 Å². The Kier molecular flexibility index (Phi) is 3.31. The quantitative estimate of drug-likeness (QED) is 0.572. The Morgan fingerprint density at radius 3 is 1.08 bits per heavy atom. The third-order valence-corrected chi connectivity index (χ3v) is 2.96. The maximum absolute atomic E-state index is 11.4. The fourth-order valence-electron chi connectivity index (χ4n) is 0.210. The molecule has 0 aliphatic heterocycles. The van der Waals surface area contributed by atoms with Crippen molar-refractivity contribution >= 4 is 31.4 Å². The summed E-state index contributed by atoms with van der Waals surface area (Å²) in [6.07, 6.45) is 0. The van der Waals surface area contributed by atoms with E-state index in [2.05, 4.69) is 7.26 Å². The lowest BCUT2D eigenvalue weighted by Crippen LogP contribution is -2.15. The highest BCUT2D eigenvalue weighted by atomic mass is 32.3. The van der Waals surface area contributed by atoms with Gasteiger partial charge in [-0.2, -0.15) is 25.3 Å². The number of hydrogen-bond donors (Lipinski definition) is 0. The molecule has 0 unspecified atom stereocenters. The normalized spacial score (nSPS) is 14.3. The average Bonchev–Trinajstić information content (AvgIpc) is 1.43. The van der Waals surface area contributed by atoms with Gasteiger partial charge < -0.3 is 0 Å². The van der Waals surface area contributed by atoms with Crippen molar-refractivity contribution in [2.75, 3.05) is 0 Å². The summed E-state index contributed by atoms with van der Waals surface area (Å²) in [5.41, 5.74) is 0. The molecule has 80 valence electrons. The first kappa shape index (κ1) is 12.6. The zero-order valence-electron chi connectivity index (χ0n) is 5.25. The van der Waals surface area contributed by atoms with Crippen molar-refractivity contribution in [2.24, 2.45) is 0 Å². The molecular weight excluding hydrogens is 262 g/mol. The summed E-state index contributed by atoms with van der Waals surface area (Å²) in [7, 11) is -17.8. The minimum atomic E-state index is -6.00. The first-order chi connectivity index (χ1) is 5.41. The zero-order valence-corrected chi connectivity index (χ0v) is 7.70. The van der Waals surface area contributed by atoms with Crippen LogP contribution in [0.4, 0.5) is 7.77 Å². The molecule has 0 spiro atoms. The molecule has 0 atom stereocenters. The Balaban J connectivity index is 4.86. The van der Waals surface area contributed by atoms with Crippen LogP contribution in [-0.4, -0.2) is 25.3 Å². The van der Waals surface area contributed by atoms with Gasteiger partial charge in [0.2, 0.25) is 0 Å². The van der Waals surface area contributed by atoms with Crippen LogP contribution in [0, 0.1) is 0 Å². The van der Waals surface area contributed by atoms with Gasteiger partial charge in [-0.3, -0.25) is 0 Å². The van der Waals surface area contributed by atoms with Gasteiger partial charge in [-0.05, 0) is 0 Å². The van der Waals surface area contributed by atoms with E-state index in [1.165, 1.54) is 0 Å². The predicted octanol–water partition coefficient (Wildman–Crippen LogP) is -1.31. The van der Waals surface area contributed by atoms with Crippen LogP contribution in [0.25, 0.3) is 0 Å². The maximum Gasteiger partial charge on any atom is 0.454 e. The predicted molar refractivity (Wildman–Crippen MR) is 31.1 cm³/mol. The molecule has 0 saturated heterocycles. The first-order valence-corrected chi connectivity index (χ1v) is 5.93. The van der Waals surface area contributed by atoms with E-state index >= 15 is 0 Å². The molecule has 13 heavy (non-hydrogen) atoms. The zero-order chi connectivity index (χ0) is 10.9. The Labute approximate surface area is 72.2 Å². The van der Waals surface area contributed by atoms with Gasteiger partial charge in [0.15, 0.2) is 0 Å². The van der Waals surface area contributed by atoms with Gasteiger partial charge in [0.25, 0.3) is 0 Å². The number of hydrogen-bond acceptors (Lipinski definition) is 8. The van der Waals surface area contributed by atoms with Crippen LogP contribution in [0.5, 0.6) is 0 Å². The summed E-state index contributed by atoms with van der Waals surface area (Å²) in [4.78, 5) is 0. The fraction of sp³-hybridized carbons (Fsp3) is 0. The van der Waals surface area contributed by atoms with Crippen LogP contribution in [0.15, 0.2) is 0 Å². The lowest BCUT2D eigenvalue weighted by Gasteiger charge is -1.95. The van der Waals surface area contributed by atoms with Crippen molar-refractivity contribution < 1.29 is 40.3 Å².